The first kappa shape index (κ1) is 21.0. The van der Waals surface area contributed by atoms with E-state index in [2.05, 4.69) is 10.2 Å². The smallest absolute Gasteiger partial charge is 0.339 e. The first-order chi connectivity index (χ1) is 13.5. The minimum absolute atomic E-state index is 0.0113. The van der Waals surface area contributed by atoms with E-state index in [1.807, 2.05) is 0 Å². The van der Waals surface area contributed by atoms with Gasteiger partial charge in [-0.3, -0.25) is 4.55 Å². The van der Waals surface area contributed by atoms with Gasteiger partial charge in [-0.2, -0.15) is 8.42 Å². The molecule has 150 valence electrons. The molecule has 0 saturated carbocycles. The Morgan fingerprint density at radius 1 is 1.07 bits per heavy atom. The molecule has 0 unspecified atom stereocenters. The summed E-state index contributed by atoms with van der Waals surface area (Å²) in [6.07, 6.45) is 0. The lowest BCUT2D eigenvalue weighted by atomic mass is 10.0. The molecule has 0 aromatic heterocycles. The predicted molar refractivity (Wildman–Crippen MR) is 108 cm³/mol. The van der Waals surface area contributed by atoms with Crippen LogP contribution in [0.4, 0.5) is 11.4 Å². The van der Waals surface area contributed by atoms with Crippen molar-refractivity contribution in [3.63, 3.8) is 0 Å². The van der Waals surface area contributed by atoms with Crippen molar-refractivity contribution in [3.05, 3.63) is 57.6 Å². The lowest BCUT2D eigenvalue weighted by molar-refractivity contribution is 0.0694. The summed E-state index contributed by atoms with van der Waals surface area (Å²) < 4.78 is 32.9. The molecule has 0 bridgehead atoms. The maximum Gasteiger partial charge on any atom is 0.339 e. The van der Waals surface area contributed by atoms with E-state index in [-0.39, 0.29) is 15.7 Å². The van der Waals surface area contributed by atoms with Crippen LogP contribution in [0.25, 0.3) is 10.8 Å². The van der Waals surface area contributed by atoms with Crippen LogP contribution in [-0.4, -0.2) is 29.2 Å². The zero-order valence-electron chi connectivity index (χ0n) is 14.6. The summed E-state index contributed by atoms with van der Waals surface area (Å²) in [6, 6.07) is 8.75. The van der Waals surface area contributed by atoms with E-state index < -0.39 is 38.0 Å². The maximum absolute atomic E-state index is 11.7. The van der Waals surface area contributed by atoms with Crippen molar-refractivity contribution >= 4 is 61.4 Å². The minimum atomic E-state index is -4.75. The van der Waals surface area contributed by atoms with Gasteiger partial charge in [-0.05, 0) is 30.0 Å². The summed E-state index contributed by atoms with van der Waals surface area (Å²) in [4.78, 5) is 10.8. The second kappa shape index (κ2) is 7.60. The third-order valence-electron chi connectivity index (χ3n) is 4.14. The van der Waals surface area contributed by atoms with Crippen molar-refractivity contribution in [1.82, 2.24) is 0 Å². The lowest BCUT2D eigenvalue weighted by Crippen LogP contribution is -2.00. The Morgan fingerprint density at radius 2 is 1.69 bits per heavy atom. The van der Waals surface area contributed by atoms with Crippen molar-refractivity contribution in [2.24, 2.45) is 10.2 Å². The average Bonchev–Trinajstić information content (AvgIpc) is 2.65. The highest BCUT2D eigenvalue weighted by Crippen LogP contribution is 2.43. The summed E-state index contributed by atoms with van der Waals surface area (Å²) in [5, 5.41) is 28.0. The van der Waals surface area contributed by atoms with Crippen molar-refractivity contribution in [1.29, 1.82) is 0 Å². The van der Waals surface area contributed by atoms with E-state index >= 15 is 0 Å². The van der Waals surface area contributed by atoms with Crippen molar-refractivity contribution in [3.8, 4) is 5.75 Å². The number of aromatic hydroxyl groups is 1. The lowest BCUT2D eigenvalue weighted by Gasteiger charge is -2.10. The normalized spacial score (nSPS) is 12.0. The Labute approximate surface area is 174 Å². The molecule has 3 rings (SSSR count). The fourth-order valence-corrected chi connectivity index (χ4v) is 3.92. The van der Waals surface area contributed by atoms with Crippen LogP contribution < -0.4 is 0 Å². The Hall–Kier alpha value is -2.72. The molecule has 3 aromatic carbocycles. The fourth-order valence-electron chi connectivity index (χ4n) is 2.65. The van der Waals surface area contributed by atoms with Gasteiger partial charge in [0.15, 0.2) is 5.75 Å². The Morgan fingerprint density at radius 3 is 2.31 bits per heavy atom. The quantitative estimate of drug-likeness (QED) is 0.350. The highest BCUT2D eigenvalue weighted by molar-refractivity contribution is 7.86. The standard InChI is InChI=1S/C18H12Cl2N2O6S/c1-8-12(19)7-13(29(26,27)28)16(14(8)20)22-21-15-10-5-3-2-4-9(10)6-11(17(15)23)18(24)25/h2-7,23H,1H3,(H,24,25)(H,26,27,28). The minimum Gasteiger partial charge on any atom is -0.505 e. The number of rotatable bonds is 4. The summed E-state index contributed by atoms with van der Waals surface area (Å²) >= 11 is 12.1. The van der Waals surface area contributed by atoms with E-state index in [9.17, 15) is 28.0 Å². The van der Waals surface area contributed by atoms with Crippen molar-refractivity contribution < 1.29 is 28.0 Å². The van der Waals surface area contributed by atoms with Gasteiger partial charge in [-0.15, -0.1) is 10.2 Å². The number of halogens is 2. The Kier molecular flexibility index (Phi) is 5.50. The number of carbonyl (C=O) groups is 1. The third-order valence-corrected chi connectivity index (χ3v) is 5.86. The van der Waals surface area contributed by atoms with Gasteiger partial charge in [0.2, 0.25) is 0 Å². The molecule has 0 heterocycles. The van der Waals surface area contributed by atoms with Gasteiger partial charge in [0.05, 0.1) is 5.02 Å². The SMILES string of the molecule is Cc1c(Cl)cc(S(=O)(=O)O)c(N=Nc2c(O)c(C(=O)O)cc3ccccc23)c1Cl. The van der Waals surface area contributed by atoms with E-state index in [1.54, 1.807) is 24.3 Å². The molecule has 0 spiro atoms. The fraction of sp³-hybridized carbons (Fsp3) is 0.0556. The zero-order valence-corrected chi connectivity index (χ0v) is 16.9. The van der Waals surface area contributed by atoms with Crippen molar-refractivity contribution in [2.45, 2.75) is 11.8 Å². The second-order valence-electron chi connectivity index (χ2n) is 5.97. The summed E-state index contributed by atoms with van der Waals surface area (Å²) in [6.45, 7) is 1.51. The number of benzene rings is 3. The molecular weight excluding hydrogens is 443 g/mol. The van der Waals surface area contributed by atoms with E-state index in [4.69, 9.17) is 23.2 Å². The molecule has 0 saturated heterocycles. The van der Waals surface area contributed by atoms with Crippen LogP contribution >= 0.6 is 23.2 Å². The van der Waals surface area contributed by atoms with Gasteiger partial charge in [-0.25, -0.2) is 4.79 Å². The number of fused-ring (bicyclic) bond motifs is 1. The summed E-state index contributed by atoms with van der Waals surface area (Å²) in [7, 11) is -4.75. The van der Waals surface area contributed by atoms with Crippen LogP contribution in [0.3, 0.4) is 0 Å². The average molecular weight is 455 g/mol. The van der Waals surface area contributed by atoms with Gasteiger partial charge in [0.1, 0.15) is 21.8 Å². The van der Waals surface area contributed by atoms with Crippen LogP contribution in [0.15, 0.2) is 51.5 Å². The van der Waals surface area contributed by atoms with E-state index in [0.29, 0.717) is 16.3 Å². The highest BCUT2D eigenvalue weighted by Gasteiger charge is 2.23. The number of aromatic carboxylic acids is 1. The monoisotopic (exact) mass is 454 g/mol. The third kappa shape index (κ3) is 3.90. The molecule has 0 fully saturated rings. The van der Waals surface area contributed by atoms with Crippen LogP contribution in [0.1, 0.15) is 15.9 Å². The largest absolute Gasteiger partial charge is 0.505 e. The Balaban J connectivity index is 2.32. The number of carboxylic acid groups (broad SMARTS) is 1. The van der Waals surface area contributed by atoms with E-state index in [0.717, 1.165) is 6.07 Å². The second-order valence-corrected chi connectivity index (χ2v) is 8.14. The number of hydrogen-bond donors (Lipinski definition) is 3. The van der Waals surface area contributed by atoms with Crippen molar-refractivity contribution in [2.75, 3.05) is 0 Å². The number of azo groups is 1. The maximum atomic E-state index is 11.7. The molecule has 11 heteroatoms. The highest BCUT2D eigenvalue weighted by atomic mass is 35.5. The number of hydrogen-bond acceptors (Lipinski definition) is 6. The van der Waals surface area contributed by atoms with Crippen LogP contribution in [0.2, 0.25) is 10.0 Å². The van der Waals surface area contributed by atoms with Gasteiger partial charge in [-0.1, -0.05) is 47.5 Å². The first-order valence-electron chi connectivity index (χ1n) is 7.88. The molecule has 0 aliphatic carbocycles. The predicted octanol–water partition coefficient (Wildman–Crippen LogP) is 5.52. The summed E-state index contributed by atoms with van der Waals surface area (Å²) in [5.41, 5.74) is -0.722. The number of nitrogens with zero attached hydrogens (tertiary/aromatic N) is 2. The molecule has 3 N–H and O–H groups in total. The zero-order chi connectivity index (χ0) is 21.5. The number of carboxylic acids is 1. The molecule has 0 atom stereocenters. The molecule has 0 radical (unpaired) electrons. The first-order valence-corrected chi connectivity index (χ1v) is 10.1. The molecule has 8 nitrogen and oxygen atoms in total. The van der Waals surface area contributed by atoms with Gasteiger partial charge >= 0.3 is 5.97 Å². The van der Waals surface area contributed by atoms with Crippen LogP contribution in [0, 0.1) is 6.92 Å². The molecule has 0 amide bonds. The molecule has 0 aliphatic heterocycles. The van der Waals surface area contributed by atoms with Gasteiger partial charge in [0, 0.05) is 10.4 Å². The van der Waals surface area contributed by atoms with E-state index in [1.165, 1.54) is 13.0 Å². The van der Waals surface area contributed by atoms with Crippen LogP contribution in [-0.2, 0) is 10.1 Å². The van der Waals surface area contributed by atoms with Gasteiger partial charge in [0.25, 0.3) is 10.1 Å². The molecule has 29 heavy (non-hydrogen) atoms. The molecule has 3 aromatic rings. The molecule has 0 aliphatic rings. The Bertz CT molecular complexity index is 1310. The van der Waals surface area contributed by atoms with Gasteiger partial charge < -0.3 is 10.2 Å². The van der Waals surface area contributed by atoms with Crippen LogP contribution in [0.5, 0.6) is 5.75 Å². The number of phenols is 1. The topological polar surface area (TPSA) is 137 Å². The molecular formula is C18H12Cl2N2O6S. The summed E-state index contributed by atoms with van der Waals surface area (Å²) in [5.74, 6) is -2.04.